The number of nitrogens with one attached hydrogen (secondary N) is 4. The molecule has 6 N–H and O–H groups in total. The molecule has 2 aromatic carbocycles. The first-order valence-electron chi connectivity index (χ1n) is 7.66. The number of hydrogen-bond donors (Lipinski definition) is 5. The lowest BCUT2D eigenvalue weighted by Gasteiger charge is -2.18. The van der Waals surface area contributed by atoms with E-state index in [9.17, 15) is 9.59 Å². The lowest BCUT2D eigenvalue weighted by Crippen LogP contribution is -2.45. The van der Waals surface area contributed by atoms with Crippen molar-refractivity contribution in [3.05, 3.63) is 64.6 Å². The van der Waals surface area contributed by atoms with Crippen LogP contribution >= 0.6 is 28.1 Å². The van der Waals surface area contributed by atoms with Crippen LogP contribution in [0.2, 0.25) is 0 Å². The molecule has 0 saturated carbocycles. The molecule has 0 fully saturated rings. The maximum atomic E-state index is 12.2. The first kappa shape index (κ1) is 19.7. The molecule has 0 unspecified atom stereocenters. The van der Waals surface area contributed by atoms with E-state index in [1.807, 2.05) is 48.5 Å². The summed E-state index contributed by atoms with van der Waals surface area (Å²) in [7, 11) is 0. The van der Waals surface area contributed by atoms with Crippen molar-refractivity contribution < 1.29 is 9.59 Å². The number of urea groups is 1. The van der Waals surface area contributed by atoms with Gasteiger partial charge in [-0.25, -0.2) is 4.79 Å². The Morgan fingerprint density at radius 2 is 1.81 bits per heavy atom. The number of carbonyl (C=O) groups is 2. The van der Waals surface area contributed by atoms with Crippen molar-refractivity contribution in [2.24, 2.45) is 5.73 Å². The highest BCUT2D eigenvalue weighted by atomic mass is 79.9. The topological polar surface area (TPSA) is 108 Å². The predicted octanol–water partition coefficient (Wildman–Crippen LogP) is 2.57. The van der Waals surface area contributed by atoms with Crippen LogP contribution in [-0.4, -0.2) is 17.1 Å². The summed E-state index contributed by atoms with van der Waals surface area (Å²) in [4.78, 5) is 23.4. The zero-order valence-corrected chi connectivity index (χ0v) is 16.1. The Labute approximate surface area is 164 Å². The van der Waals surface area contributed by atoms with Crippen LogP contribution in [0.1, 0.15) is 18.0 Å². The third-order valence-electron chi connectivity index (χ3n) is 3.30. The molecule has 1 atom stereocenters. The molecule has 0 heterocycles. The van der Waals surface area contributed by atoms with E-state index in [1.165, 1.54) is 0 Å². The van der Waals surface area contributed by atoms with Crippen molar-refractivity contribution in [3.8, 4) is 0 Å². The number of hydrazine groups is 1. The van der Waals surface area contributed by atoms with Crippen molar-refractivity contribution in [1.29, 1.82) is 0 Å². The molecule has 3 amide bonds. The third kappa shape index (κ3) is 6.69. The number of carbonyl (C=O) groups excluding carboxylic acids is 2. The Morgan fingerprint density at radius 1 is 1.08 bits per heavy atom. The number of primary amides is 1. The highest BCUT2D eigenvalue weighted by Crippen LogP contribution is 2.20. The van der Waals surface area contributed by atoms with Gasteiger partial charge in [-0.2, -0.15) is 0 Å². The minimum absolute atomic E-state index is 0.0135. The number of anilines is 1. The van der Waals surface area contributed by atoms with Gasteiger partial charge in [0.1, 0.15) is 0 Å². The largest absolute Gasteiger partial charge is 0.352 e. The van der Waals surface area contributed by atoms with Crippen molar-refractivity contribution in [1.82, 2.24) is 16.2 Å². The van der Waals surface area contributed by atoms with Gasteiger partial charge in [-0.15, -0.1) is 0 Å². The molecule has 2 rings (SSSR count). The molecule has 2 aromatic rings. The second-order valence-electron chi connectivity index (χ2n) is 5.31. The van der Waals surface area contributed by atoms with Gasteiger partial charge in [-0.1, -0.05) is 46.3 Å². The highest BCUT2D eigenvalue weighted by molar-refractivity contribution is 9.10. The summed E-state index contributed by atoms with van der Waals surface area (Å²) >= 11 is 8.48. The molecule has 0 radical (unpaired) electrons. The van der Waals surface area contributed by atoms with Gasteiger partial charge in [0.15, 0.2) is 5.11 Å². The maximum Gasteiger partial charge on any atom is 0.312 e. The number of halogens is 1. The average Bonchev–Trinajstić information content (AvgIpc) is 2.60. The number of rotatable bonds is 5. The van der Waals surface area contributed by atoms with E-state index in [-0.39, 0.29) is 17.4 Å². The minimum atomic E-state index is -0.711. The molecule has 0 bridgehead atoms. The minimum Gasteiger partial charge on any atom is -0.352 e. The zero-order chi connectivity index (χ0) is 18.9. The van der Waals surface area contributed by atoms with Crippen molar-refractivity contribution >= 4 is 50.9 Å². The Kier molecular flexibility index (Phi) is 7.37. The first-order chi connectivity index (χ1) is 12.4. The van der Waals surface area contributed by atoms with E-state index in [1.54, 1.807) is 6.07 Å². The summed E-state index contributed by atoms with van der Waals surface area (Å²) in [5.74, 6) is -0.360. The standard InChI is InChI=1S/C17H18BrN5O2S/c18-12-6-4-5-11(9-12)14(21-16(19)25)10-15(24)22-23-17(26)20-13-7-2-1-3-8-13/h1-9,14H,10H2,(H,22,24)(H3,19,21,25)(H2,20,23,26)/t14-/m0/s1. The summed E-state index contributed by atoms with van der Waals surface area (Å²) < 4.78 is 0.832. The van der Waals surface area contributed by atoms with Gasteiger partial charge in [-0.3, -0.25) is 15.6 Å². The van der Waals surface area contributed by atoms with E-state index >= 15 is 0 Å². The van der Waals surface area contributed by atoms with Gasteiger partial charge in [0.2, 0.25) is 5.91 Å². The molecule has 0 spiro atoms. The molecule has 7 nitrogen and oxygen atoms in total. The molecule has 0 aliphatic rings. The van der Waals surface area contributed by atoms with E-state index < -0.39 is 12.1 Å². The van der Waals surface area contributed by atoms with E-state index in [4.69, 9.17) is 18.0 Å². The van der Waals surface area contributed by atoms with Crippen molar-refractivity contribution in [3.63, 3.8) is 0 Å². The quantitative estimate of drug-likeness (QED) is 0.366. The lowest BCUT2D eigenvalue weighted by molar-refractivity contribution is -0.122. The van der Waals surface area contributed by atoms with Gasteiger partial charge in [-0.05, 0) is 42.0 Å². The number of amides is 3. The SMILES string of the molecule is NC(=O)N[C@@H](CC(=O)NNC(=S)Nc1ccccc1)c1cccc(Br)c1. The van der Waals surface area contributed by atoms with Crippen LogP contribution in [0.15, 0.2) is 59.1 Å². The molecule has 136 valence electrons. The van der Waals surface area contributed by atoms with E-state index in [2.05, 4.69) is 37.4 Å². The van der Waals surface area contributed by atoms with Crippen LogP contribution in [-0.2, 0) is 4.79 Å². The number of benzene rings is 2. The van der Waals surface area contributed by atoms with Gasteiger partial charge in [0.05, 0.1) is 12.5 Å². The summed E-state index contributed by atoms with van der Waals surface area (Å²) in [5, 5.41) is 5.74. The number of hydrogen-bond acceptors (Lipinski definition) is 3. The van der Waals surface area contributed by atoms with Gasteiger partial charge >= 0.3 is 6.03 Å². The average molecular weight is 436 g/mol. The molecular formula is C17H18BrN5O2S. The Morgan fingerprint density at radius 3 is 2.46 bits per heavy atom. The summed E-state index contributed by atoms with van der Waals surface area (Å²) in [6.07, 6.45) is -0.0135. The van der Waals surface area contributed by atoms with Crippen LogP contribution in [0.3, 0.4) is 0 Å². The molecule has 0 aliphatic heterocycles. The second-order valence-corrected chi connectivity index (χ2v) is 6.64. The summed E-state index contributed by atoms with van der Waals surface area (Å²) in [6, 6.07) is 15.3. The Bertz CT molecular complexity index is 788. The van der Waals surface area contributed by atoms with Crippen LogP contribution in [0.4, 0.5) is 10.5 Å². The number of thiocarbonyl (C=S) groups is 1. The van der Waals surface area contributed by atoms with Crippen molar-refractivity contribution in [2.45, 2.75) is 12.5 Å². The van der Waals surface area contributed by atoms with Crippen LogP contribution in [0, 0.1) is 0 Å². The smallest absolute Gasteiger partial charge is 0.312 e. The van der Waals surface area contributed by atoms with E-state index in [0.29, 0.717) is 0 Å². The van der Waals surface area contributed by atoms with Crippen LogP contribution in [0.5, 0.6) is 0 Å². The monoisotopic (exact) mass is 435 g/mol. The Balaban J connectivity index is 1.90. The first-order valence-corrected chi connectivity index (χ1v) is 8.86. The highest BCUT2D eigenvalue weighted by Gasteiger charge is 2.18. The molecular weight excluding hydrogens is 418 g/mol. The van der Waals surface area contributed by atoms with Crippen LogP contribution < -0.4 is 27.2 Å². The fourth-order valence-corrected chi connectivity index (χ4v) is 2.78. The fraction of sp³-hybridized carbons (Fsp3) is 0.118. The normalized spacial score (nSPS) is 11.1. The zero-order valence-electron chi connectivity index (χ0n) is 13.7. The molecule has 0 aromatic heterocycles. The van der Waals surface area contributed by atoms with Gasteiger partial charge in [0.25, 0.3) is 0 Å². The fourth-order valence-electron chi connectivity index (χ4n) is 2.19. The predicted molar refractivity (Wildman–Crippen MR) is 108 cm³/mol. The van der Waals surface area contributed by atoms with Gasteiger partial charge in [0, 0.05) is 10.2 Å². The number of nitrogens with two attached hydrogens (primary N) is 1. The van der Waals surface area contributed by atoms with E-state index in [0.717, 1.165) is 15.7 Å². The van der Waals surface area contributed by atoms with Crippen LogP contribution in [0.25, 0.3) is 0 Å². The van der Waals surface area contributed by atoms with Gasteiger partial charge < -0.3 is 16.4 Å². The maximum absolute atomic E-state index is 12.2. The summed E-state index contributed by atoms with van der Waals surface area (Å²) in [6.45, 7) is 0. The Hall–Kier alpha value is -2.65. The molecule has 0 aliphatic carbocycles. The number of para-hydroxylation sites is 1. The molecule has 9 heteroatoms. The lowest BCUT2D eigenvalue weighted by atomic mass is 10.0. The molecule has 26 heavy (non-hydrogen) atoms. The second kappa shape index (κ2) is 9.73. The van der Waals surface area contributed by atoms with Crippen molar-refractivity contribution in [2.75, 3.05) is 5.32 Å². The third-order valence-corrected chi connectivity index (χ3v) is 4.00. The summed E-state index contributed by atoms with van der Waals surface area (Å²) in [5.41, 5.74) is 11.9. The molecule has 0 saturated heterocycles.